The fraction of sp³-hybridized carbons (Fsp3) is 0.593. The molecule has 0 spiro atoms. The van der Waals surface area contributed by atoms with Crippen molar-refractivity contribution in [3.8, 4) is 5.75 Å². The molecular weight excluding hydrogens is 441 g/mol. The molecule has 34 heavy (non-hydrogen) atoms. The van der Waals surface area contributed by atoms with Gasteiger partial charge in [0.1, 0.15) is 5.75 Å². The lowest BCUT2D eigenvalue weighted by molar-refractivity contribution is -0.192. The van der Waals surface area contributed by atoms with Gasteiger partial charge in [0.15, 0.2) is 6.04 Å². The van der Waals surface area contributed by atoms with Crippen LogP contribution in [0.2, 0.25) is 0 Å². The SMILES string of the molecule is CCCCCCCCCCOc1c([C@H](N2CC(C)(C)C(=O)N2)C(F)(F)F)ccc2ccccc12. The number of hydrazine groups is 1. The number of carbonyl (C=O) groups excluding carboxylic acids is 1. The van der Waals surface area contributed by atoms with Gasteiger partial charge in [-0.1, -0.05) is 88.3 Å². The second-order valence-corrected chi connectivity index (χ2v) is 9.93. The Morgan fingerprint density at radius 3 is 2.26 bits per heavy atom. The molecule has 1 aliphatic heterocycles. The maximum atomic E-state index is 14.4. The average molecular weight is 479 g/mol. The van der Waals surface area contributed by atoms with Crippen molar-refractivity contribution in [2.45, 2.75) is 84.4 Å². The van der Waals surface area contributed by atoms with Crippen LogP contribution in [0.4, 0.5) is 13.2 Å². The van der Waals surface area contributed by atoms with E-state index in [0.717, 1.165) is 29.7 Å². The summed E-state index contributed by atoms with van der Waals surface area (Å²) in [7, 11) is 0. The zero-order valence-corrected chi connectivity index (χ0v) is 20.5. The number of nitrogens with one attached hydrogen (secondary N) is 1. The molecule has 0 radical (unpaired) electrons. The Bertz CT molecular complexity index is 959. The van der Waals surface area contributed by atoms with Gasteiger partial charge in [-0.05, 0) is 25.7 Å². The Kier molecular flexibility index (Phi) is 8.85. The molecular formula is C27H37F3N2O2. The number of alkyl halides is 3. The molecule has 1 fully saturated rings. The second-order valence-electron chi connectivity index (χ2n) is 9.93. The molecule has 0 bridgehead atoms. The number of hydrogen-bond acceptors (Lipinski definition) is 3. The van der Waals surface area contributed by atoms with Crippen LogP contribution in [0.3, 0.4) is 0 Å². The fourth-order valence-corrected chi connectivity index (χ4v) is 4.54. The topological polar surface area (TPSA) is 41.6 Å². The molecule has 188 valence electrons. The van der Waals surface area contributed by atoms with Crippen molar-refractivity contribution in [3.63, 3.8) is 0 Å². The third kappa shape index (κ3) is 6.44. The van der Waals surface area contributed by atoms with Crippen LogP contribution in [-0.4, -0.2) is 30.2 Å². The number of rotatable bonds is 12. The first-order valence-electron chi connectivity index (χ1n) is 12.4. The average Bonchev–Trinajstić information content (AvgIpc) is 3.04. The minimum absolute atomic E-state index is 0.0313. The van der Waals surface area contributed by atoms with E-state index in [4.69, 9.17) is 4.74 Å². The highest BCUT2D eigenvalue weighted by atomic mass is 19.4. The van der Waals surface area contributed by atoms with Gasteiger partial charge in [-0.3, -0.25) is 10.2 Å². The number of fused-ring (bicyclic) bond motifs is 1. The van der Waals surface area contributed by atoms with Crippen molar-refractivity contribution in [2.24, 2.45) is 5.41 Å². The maximum Gasteiger partial charge on any atom is 0.410 e. The van der Waals surface area contributed by atoms with Gasteiger partial charge in [-0.2, -0.15) is 13.2 Å². The lowest BCUT2D eigenvalue weighted by Crippen LogP contribution is -2.43. The third-order valence-corrected chi connectivity index (χ3v) is 6.50. The third-order valence-electron chi connectivity index (χ3n) is 6.50. The van der Waals surface area contributed by atoms with Gasteiger partial charge in [0.25, 0.3) is 0 Å². The molecule has 0 saturated carbocycles. The molecule has 1 atom stereocenters. The molecule has 0 aliphatic carbocycles. The number of halogens is 3. The van der Waals surface area contributed by atoms with Crippen molar-refractivity contribution in [1.82, 2.24) is 10.4 Å². The maximum absolute atomic E-state index is 14.4. The van der Waals surface area contributed by atoms with E-state index in [9.17, 15) is 18.0 Å². The quantitative estimate of drug-likeness (QED) is 0.325. The molecule has 0 aromatic heterocycles. The molecule has 1 saturated heterocycles. The summed E-state index contributed by atoms with van der Waals surface area (Å²) in [5.41, 5.74) is 1.58. The van der Waals surface area contributed by atoms with E-state index in [2.05, 4.69) is 12.3 Å². The Balaban J connectivity index is 1.80. The first kappa shape index (κ1) is 26.3. The summed E-state index contributed by atoms with van der Waals surface area (Å²) in [5, 5.41) is 2.48. The zero-order chi connectivity index (χ0) is 24.8. The molecule has 2 aromatic rings. The van der Waals surface area contributed by atoms with Crippen molar-refractivity contribution >= 4 is 16.7 Å². The molecule has 1 heterocycles. The Morgan fingerprint density at radius 1 is 1.00 bits per heavy atom. The second kappa shape index (κ2) is 11.4. The predicted molar refractivity (Wildman–Crippen MR) is 129 cm³/mol. The first-order valence-corrected chi connectivity index (χ1v) is 12.4. The Labute approximate surface area is 200 Å². The largest absolute Gasteiger partial charge is 0.493 e. The zero-order valence-electron chi connectivity index (χ0n) is 20.5. The number of hydrogen-bond donors (Lipinski definition) is 1. The van der Waals surface area contributed by atoms with Crippen LogP contribution in [0.25, 0.3) is 10.8 Å². The van der Waals surface area contributed by atoms with E-state index in [0.29, 0.717) is 12.0 Å². The van der Waals surface area contributed by atoms with Crippen molar-refractivity contribution in [1.29, 1.82) is 0 Å². The predicted octanol–water partition coefficient (Wildman–Crippen LogP) is 7.34. The molecule has 0 unspecified atom stereocenters. The highest BCUT2D eigenvalue weighted by Gasteiger charge is 2.52. The number of benzene rings is 2. The Hall–Kier alpha value is -2.28. The Morgan fingerprint density at radius 2 is 1.65 bits per heavy atom. The van der Waals surface area contributed by atoms with E-state index in [1.165, 1.54) is 38.2 Å². The van der Waals surface area contributed by atoms with Crippen LogP contribution in [0, 0.1) is 5.41 Å². The van der Waals surface area contributed by atoms with Crippen molar-refractivity contribution in [3.05, 3.63) is 42.0 Å². The fourth-order valence-electron chi connectivity index (χ4n) is 4.54. The molecule has 3 rings (SSSR count). The van der Waals surface area contributed by atoms with Crippen molar-refractivity contribution in [2.75, 3.05) is 13.2 Å². The van der Waals surface area contributed by atoms with Gasteiger partial charge < -0.3 is 4.74 Å². The summed E-state index contributed by atoms with van der Waals surface area (Å²) >= 11 is 0. The summed E-state index contributed by atoms with van der Waals surface area (Å²) in [5.74, 6) is -0.161. The summed E-state index contributed by atoms with van der Waals surface area (Å²) < 4.78 is 49.2. The minimum atomic E-state index is -4.59. The lowest BCUT2D eigenvalue weighted by atomic mass is 9.93. The van der Waals surface area contributed by atoms with Crippen molar-refractivity contribution < 1.29 is 22.7 Å². The lowest BCUT2D eigenvalue weighted by Gasteiger charge is -2.31. The normalized spacial score (nSPS) is 17.2. The molecule has 1 amide bonds. The smallest absolute Gasteiger partial charge is 0.410 e. The number of nitrogens with zero attached hydrogens (tertiary/aromatic N) is 1. The molecule has 1 aliphatic rings. The van der Waals surface area contributed by atoms with Crippen LogP contribution < -0.4 is 10.2 Å². The van der Waals surface area contributed by atoms with Gasteiger partial charge in [0, 0.05) is 17.5 Å². The van der Waals surface area contributed by atoms with Crippen LogP contribution in [0.15, 0.2) is 36.4 Å². The number of ether oxygens (including phenoxy) is 1. The van der Waals surface area contributed by atoms with Gasteiger partial charge in [-0.25, -0.2) is 5.01 Å². The van der Waals surface area contributed by atoms with E-state index in [1.54, 1.807) is 32.0 Å². The minimum Gasteiger partial charge on any atom is -0.493 e. The highest BCUT2D eigenvalue weighted by Crippen LogP contribution is 2.45. The van der Waals surface area contributed by atoms with Gasteiger partial charge in [-0.15, -0.1) is 0 Å². The van der Waals surface area contributed by atoms with E-state index < -0.39 is 23.5 Å². The highest BCUT2D eigenvalue weighted by molar-refractivity contribution is 5.90. The summed E-state index contributed by atoms with van der Waals surface area (Å²) in [4.78, 5) is 12.3. The first-order chi connectivity index (χ1) is 16.1. The van der Waals surface area contributed by atoms with Crippen LogP contribution >= 0.6 is 0 Å². The van der Waals surface area contributed by atoms with E-state index in [-0.39, 0.29) is 17.9 Å². The van der Waals surface area contributed by atoms with Crippen LogP contribution in [-0.2, 0) is 4.79 Å². The molecule has 7 heteroatoms. The van der Waals surface area contributed by atoms with Gasteiger partial charge >= 0.3 is 6.18 Å². The van der Waals surface area contributed by atoms with Gasteiger partial charge in [0.2, 0.25) is 5.91 Å². The van der Waals surface area contributed by atoms with Gasteiger partial charge in [0.05, 0.1) is 12.0 Å². The summed E-state index contributed by atoms with van der Waals surface area (Å²) in [6.45, 7) is 5.81. The van der Waals surface area contributed by atoms with E-state index in [1.807, 2.05) is 12.1 Å². The molecule has 1 N–H and O–H groups in total. The monoisotopic (exact) mass is 478 g/mol. The molecule has 4 nitrogen and oxygen atoms in total. The van der Waals surface area contributed by atoms with E-state index >= 15 is 0 Å². The summed E-state index contributed by atoms with van der Waals surface area (Å²) in [6.07, 6.45) is 4.46. The van der Waals surface area contributed by atoms with Crippen LogP contribution in [0.1, 0.15) is 83.7 Å². The number of unbranched alkanes of at least 4 members (excludes halogenated alkanes) is 7. The van der Waals surface area contributed by atoms with Crippen LogP contribution in [0.5, 0.6) is 5.75 Å². The number of carbonyl (C=O) groups is 1. The standard InChI is InChI=1S/C27H37F3N2O2/c1-4-5-6-7-8-9-10-13-18-34-23-21-15-12-11-14-20(21)16-17-22(23)24(27(28,29)30)32-19-26(2,3)25(33)31-32/h11-12,14-17,24H,4-10,13,18-19H2,1-3H3,(H,31,33)/t24-/m0/s1. The summed E-state index contributed by atoms with van der Waals surface area (Å²) in [6, 6.07) is 8.51. The number of amides is 1. The molecule has 2 aromatic carbocycles.